The number of carbonyl (C=O) groups is 1. The van der Waals surface area contributed by atoms with Gasteiger partial charge in [0, 0.05) is 25.6 Å². The summed E-state index contributed by atoms with van der Waals surface area (Å²) < 4.78 is 11.5. The van der Waals surface area contributed by atoms with E-state index in [4.69, 9.17) is 9.47 Å². The molecule has 0 saturated carbocycles. The number of carboxylic acids is 1. The van der Waals surface area contributed by atoms with Gasteiger partial charge < -0.3 is 14.6 Å². The first kappa shape index (κ1) is 19.9. The third-order valence-electron chi connectivity index (χ3n) is 6.28. The van der Waals surface area contributed by atoms with Crippen LogP contribution in [-0.2, 0) is 17.6 Å². The standard InChI is InChI=1S/C24H29NO4/c26-24(27)23-8-11-25-15-20(23)5-4-18-2-1-3-19-14-21(6-7-22(18)19)29-16-17-9-12-28-13-10-17/h6-8,11,14-15,17-18H,1-5,9-10,12-13,16H2,(H,26,27). The molecule has 0 bridgehead atoms. The molecular formula is C24H29NO4. The molecule has 0 spiro atoms. The van der Waals surface area contributed by atoms with Crippen LogP contribution in [0.4, 0.5) is 0 Å². The molecule has 0 radical (unpaired) electrons. The van der Waals surface area contributed by atoms with Gasteiger partial charge >= 0.3 is 5.97 Å². The molecule has 2 heterocycles. The Labute approximate surface area is 172 Å². The van der Waals surface area contributed by atoms with Gasteiger partial charge in [-0.25, -0.2) is 4.79 Å². The van der Waals surface area contributed by atoms with Crippen LogP contribution in [0.1, 0.15) is 65.1 Å². The SMILES string of the molecule is O=C(O)c1ccncc1CCC1CCCc2cc(OCC3CCOCC3)ccc21. The van der Waals surface area contributed by atoms with E-state index in [-0.39, 0.29) is 0 Å². The van der Waals surface area contributed by atoms with Crippen molar-refractivity contribution in [2.75, 3.05) is 19.8 Å². The third-order valence-corrected chi connectivity index (χ3v) is 6.28. The van der Waals surface area contributed by atoms with Crippen LogP contribution in [0.2, 0.25) is 0 Å². The van der Waals surface area contributed by atoms with Gasteiger partial charge in [0.25, 0.3) is 0 Å². The number of aromatic nitrogens is 1. The number of nitrogens with zero attached hydrogens (tertiary/aromatic N) is 1. The van der Waals surface area contributed by atoms with Crippen LogP contribution < -0.4 is 4.74 Å². The van der Waals surface area contributed by atoms with Crippen molar-refractivity contribution in [1.29, 1.82) is 0 Å². The van der Waals surface area contributed by atoms with E-state index in [1.165, 1.54) is 17.5 Å². The maximum Gasteiger partial charge on any atom is 0.336 e. The molecule has 2 aliphatic rings. The van der Waals surface area contributed by atoms with E-state index in [1.807, 2.05) is 0 Å². The second-order valence-corrected chi connectivity index (χ2v) is 8.19. The van der Waals surface area contributed by atoms with Gasteiger partial charge in [-0.1, -0.05) is 6.07 Å². The summed E-state index contributed by atoms with van der Waals surface area (Å²) in [7, 11) is 0. The van der Waals surface area contributed by atoms with Crippen LogP contribution in [0.15, 0.2) is 36.7 Å². The fourth-order valence-corrected chi connectivity index (χ4v) is 4.57. The van der Waals surface area contributed by atoms with E-state index in [9.17, 15) is 9.90 Å². The molecule has 1 N–H and O–H groups in total. The summed E-state index contributed by atoms with van der Waals surface area (Å²) in [6.07, 6.45) is 10.5. The topological polar surface area (TPSA) is 68.7 Å². The molecule has 154 valence electrons. The smallest absolute Gasteiger partial charge is 0.336 e. The number of benzene rings is 1. The molecule has 1 aliphatic heterocycles. The summed E-state index contributed by atoms with van der Waals surface area (Å²) in [5, 5.41) is 9.39. The maximum absolute atomic E-state index is 11.4. The van der Waals surface area contributed by atoms with E-state index >= 15 is 0 Å². The molecule has 1 saturated heterocycles. The zero-order valence-corrected chi connectivity index (χ0v) is 16.8. The Morgan fingerprint density at radius 1 is 1.21 bits per heavy atom. The van der Waals surface area contributed by atoms with Crippen molar-refractivity contribution in [2.24, 2.45) is 5.92 Å². The number of carboxylic acid groups (broad SMARTS) is 1. The van der Waals surface area contributed by atoms with Gasteiger partial charge in [-0.2, -0.15) is 0 Å². The number of hydrogen-bond donors (Lipinski definition) is 1. The highest BCUT2D eigenvalue weighted by Crippen LogP contribution is 2.37. The predicted molar refractivity (Wildman–Crippen MR) is 111 cm³/mol. The number of aryl methyl sites for hydroxylation is 2. The zero-order chi connectivity index (χ0) is 20.1. The van der Waals surface area contributed by atoms with Crippen LogP contribution in [0.25, 0.3) is 0 Å². The van der Waals surface area contributed by atoms with E-state index in [2.05, 4.69) is 23.2 Å². The second-order valence-electron chi connectivity index (χ2n) is 8.19. The Kier molecular flexibility index (Phi) is 6.45. The first-order valence-corrected chi connectivity index (χ1v) is 10.7. The van der Waals surface area contributed by atoms with Crippen LogP contribution in [0.3, 0.4) is 0 Å². The van der Waals surface area contributed by atoms with Gasteiger partial charge in [0.15, 0.2) is 0 Å². The maximum atomic E-state index is 11.4. The first-order chi connectivity index (χ1) is 14.2. The summed E-state index contributed by atoms with van der Waals surface area (Å²) in [5.41, 5.74) is 3.97. The van der Waals surface area contributed by atoms with Crippen LogP contribution in [0.5, 0.6) is 5.75 Å². The fourth-order valence-electron chi connectivity index (χ4n) is 4.57. The van der Waals surface area contributed by atoms with Gasteiger partial charge in [-0.15, -0.1) is 0 Å². The molecule has 4 rings (SSSR count). The zero-order valence-electron chi connectivity index (χ0n) is 16.8. The van der Waals surface area contributed by atoms with Gasteiger partial charge in [0.2, 0.25) is 0 Å². The molecule has 1 aromatic carbocycles. The largest absolute Gasteiger partial charge is 0.493 e. The van der Waals surface area contributed by atoms with Gasteiger partial charge in [-0.3, -0.25) is 4.98 Å². The number of aromatic carboxylic acids is 1. The molecular weight excluding hydrogens is 366 g/mol. The minimum absolute atomic E-state index is 0.368. The van der Waals surface area contributed by atoms with Crippen molar-refractivity contribution in [1.82, 2.24) is 4.98 Å². The van der Waals surface area contributed by atoms with Crippen molar-refractivity contribution in [2.45, 2.75) is 50.9 Å². The number of ether oxygens (including phenoxy) is 2. The normalized spacial score (nSPS) is 19.5. The minimum Gasteiger partial charge on any atom is -0.493 e. The van der Waals surface area contributed by atoms with E-state index in [1.54, 1.807) is 18.5 Å². The summed E-state index contributed by atoms with van der Waals surface area (Å²) in [6.45, 7) is 2.46. The van der Waals surface area contributed by atoms with Crippen LogP contribution in [-0.4, -0.2) is 35.9 Å². The summed E-state index contributed by atoms with van der Waals surface area (Å²) >= 11 is 0. The lowest BCUT2D eigenvalue weighted by Crippen LogP contribution is -2.21. The molecule has 1 unspecified atom stereocenters. The molecule has 29 heavy (non-hydrogen) atoms. The van der Waals surface area contributed by atoms with Crippen LogP contribution in [0, 0.1) is 5.92 Å². The number of fused-ring (bicyclic) bond motifs is 1. The summed E-state index contributed by atoms with van der Waals surface area (Å²) in [6, 6.07) is 8.13. The van der Waals surface area contributed by atoms with E-state index in [0.29, 0.717) is 17.4 Å². The Balaban J connectivity index is 1.40. The van der Waals surface area contributed by atoms with Crippen molar-refractivity contribution >= 4 is 5.97 Å². The van der Waals surface area contributed by atoms with E-state index in [0.717, 1.165) is 69.7 Å². The molecule has 1 aliphatic carbocycles. The van der Waals surface area contributed by atoms with E-state index < -0.39 is 5.97 Å². The highest BCUT2D eigenvalue weighted by Gasteiger charge is 2.22. The summed E-state index contributed by atoms with van der Waals surface area (Å²) in [4.78, 5) is 15.6. The lowest BCUT2D eigenvalue weighted by Gasteiger charge is -2.27. The fraction of sp³-hybridized carbons (Fsp3) is 0.500. The number of pyridine rings is 1. The molecule has 0 amide bonds. The van der Waals surface area contributed by atoms with Gasteiger partial charge in [0.1, 0.15) is 5.75 Å². The van der Waals surface area contributed by atoms with Crippen molar-refractivity contribution in [3.05, 3.63) is 58.9 Å². The predicted octanol–water partition coefficient (Wildman–Crippen LogP) is 4.64. The monoisotopic (exact) mass is 395 g/mol. The molecule has 5 nitrogen and oxygen atoms in total. The average molecular weight is 395 g/mol. The molecule has 1 fully saturated rings. The number of hydrogen-bond acceptors (Lipinski definition) is 4. The van der Waals surface area contributed by atoms with Crippen molar-refractivity contribution < 1.29 is 19.4 Å². The van der Waals surface area contributed by atoms with Gasteiger partial charge in [0.05, 0.1) is 12.2 Å². The average Bonchev–Trinajstić information content (AvgIpc) is 2.77. The summed E-state index contributed by atoms with van der Waals surface area (Å²) in [5.74, 6) is 1.15. The second kappa shape index (κ2) is 9.40. The molecule has 2 aromatic rings. The first-order valence-electron chi connectivity index (χ1n) is 10.7. The molecule has 5 heteroatoms. The van der Waals surface area contributed by atoms with Crippen molar-refractivity contribution in [3.8, 4) is 5.75 Å². The molecule has 1 atom stereocenters. The Bertz CT molecular complexity index is 845. The number of rotatable bonds is 7. The lowest BCUT2D eigenvalue weighted by molar-refractivity contribution is 0.0497. The Morgan fingerprint density at radius 3 is 2.90 bits per heavy atom. The highest BCUT2D eigenvalue weighted by molar-refractivity contribution is 5.89. The Hall–Kier alpha value is -2.40. The van der Waals surface area contributed by atoms with Gasteiger partial charge in [-0.05, 0) is 91.7 Å². The quantitative estimate of drug-likeness (QED) is 0.740. The van der Waals surface area contributed by atoms with Crippen LogP contribution >= 0.6 is 0 Å². The lowest BCUT2D eigenvalue weighted by atomic mass is 9.79. The third kappa shape index (κ3) is 4.96. The van der Waals surface area contributed by atoms with Crippen molar-refractivity contribution in [3.63, 3.8) is 0 Å². The molecule has 1 aromatic heterocycles. The Morgan fingerprint density at radius 2 is 2.07 bits per heavy atom. The minimum atomic E-state index is -0.877. The highest BCUT2D eigenvalue weighted by atomic mass is 16.5.